The van der Waals surface area contributed by atoms with E-state index in [1.807, 2.05) is 54.3 Å². The molecule has 2 amide bonds. The Balaban J connectivity index is 1.80. The number of benzene rings is 3. The van der Waals surface area contributed by atoms with Crippen molar-refractivity contribution in [3.8, 4) is 17.2 Å². The number of nitrogens with one attached hydrogen (secondary N) is 1. The van der Waals surface area contributed by atoms with Crippen LogP contribution in [0.5, 0.6) is 17.2 Å². The minimum absolute atomic E-state index is 0.000120. The van der Waals surface area contributed by atoms with Gasteiger partial charge in [0.15, 0.2) is 11.5 Å². The van der Waals surface area contributed by atoms with Gasteiger partial charge in [-0.1, -0.05) is 66.5 Å². The number of primary amides is 1. The highest BCUT2D eigenvalue weighted by atomic mass is 35.5. The number of nitrogens with two attached hydrogens (primary N) is 1. The topological polar surface area (TPSA) is 103 Å². The summed E-state index contributed by atoms with van der Waals surface area (Å²) in [5.41, 5.74) is 6.53. The fraction of sp³-hybridized carbons (Fsp3) is 0.429. The number of rotatable bonds is 10. The Morgan fingerprint density at radius 1 is 1.00 bits per heavy atom. The molecule has 2 fully saturated rings. The monoisotopic (exact) mass is 653 g/mol. The van der Waals surface area contributed by atoms with Crippen molar-refractivity contribution in [2.24, 2.45) is 11.7 Å². The molecule has 0 spiro atoms. The van der Waals surface area contributed by atoms with Gasteiger partial charge in [0, 0.05) is 24.6 Å². The van der Waals surface area contributed by atoms with Crippen LogP contribution in [0.1, 0.15) is 60.5 Å². The van der Waals surface area contributed by atoms with Gasteiger partial charge in [-0.3, -0.25) is 9.59 Å². The lowest BCUT2D eigenvalue weighted by molar-refractivity contribution is -0.131. The van der Waals surface area contributed by atoms with Gasteiger partial charge in [-0.25, -0.2) is 0 Å². The second-order valence-electron chi connectivity index (χ2n) is 11.7. The van der Waals surface area contributed by atoms with E-state index in [9.17, 15) is 9.59 Å². The van der Waals surface area contributed by atoms with E-state index in [0.717, 1.165) is 24.1 Å². The molecule has 10 heteroatoms. The Morgan fingerprint density at radius 3 is 2.22 bits per heavy atom. The Bertz CT molecular complexity index is 1520. The van der Waals surface area contributed by atoms with Crippen LogP contribution in [-0.2, 0) is 10.2 Å². The van der Waals surface area contributed by atoms with Crippen LogP contribution in [-0.4, -0.2) is 62.7 Å². The van der Waals surface area contributed by atoms with Gasteiger partial charge in [-0.2, -0.15) is 0 Å². The van der Waals surface area contributed by atoms with Crippen molar-refractivity contribution < 1.29 is 23.8 Å². The molecule has 45 heavy (non-hydrogen) atoms. The lowest BCUT2D eigenvalue weighted by atomic mass is 9.51. The van der Waals surface area contributed by atoms with Crippen molar-refractivity contribution in [3.63, 3.8) is 0 Å². The number of piperidine rings is 1. The molecule has 240 valence electrons. The predicted molar refractivity (Wildman–Crippen MR) is 177 cm³/mol. The van der Waals surface area contributed by atoms with Crippen LogP contribution >= 0.6 is 23.2 Å². The maximum absolute atomic E-state index is 14.9. The molecule has 2 aliphatic heterocycles. The molecule has 0 aliphatic carbocycles. The van der Waals surface area contributed by atoms with Crippen LogP contribution in [0.2, 0.25) is 10.0 Å². The van der Waals surface area contributed by atoms with E-state index in [-0.39, 0.29) is 11.8 Å². The Kier molecular flexibility index (Phi) is 9.87. The summed E-state index contributed by atoms with van der Waals surface area (Å²) in [7, 11) is 3.07. The first-order valence-electron chi connectivity index (χ1n) is 15.4. The average Bonchev–Trinajstić information content (AvgIpc) is 3.61. The highest BCUT2D eigenvalue weighted by molar-refractivity contribution is 6.42. The Hall–Kier alpha value is -3.46. The Morgan fingerprint density at radius 2 is 1.69 bits per heavy atom. The van der Waals surface area contributed by atoms with E-state index in [1.54, 1.807) is 18.2 Å². The average molecular weight is 655 g/mol. The second-order valence-corrected chi connectivity index (χ2v) is 12.5. The normalized spacial score (nSPS) is 24.7. The lowest BCUT2D eigenvalue weighted by Gasteiger charge is -2.61. The van der Waals surface area contributed by atoms with Crippen LogP contribution in [0.3, 0.4) is 0 Å². The first kappa shape index (κ1) is 32.9. The summed E-state index contributed by atoms with van der Waals surface area (Å²) in [6.45, 7) is 6.13. The molecule has 3 N–H and O–H groups in total. The summed E-state index contributed by atoms with van der Waals surface area (Å²) < 4.78 is 17.1. The molecule has 0 saturated carbocycles. The van der Waals surface area contributed by atoms with E-state index in [0.29, 0.717) is 65.4 Å². The Labute approximate surface area is 275 Å². The van der Waals surface area contributed by atoms with E-state index < -0.39 is 22.8 Å². The number of hydrogen-bond acceptors (Lipinski definition) is 6. The van der Waals surface area contributed by atoms with Crippen LogP contribution in [0.25, 0.3) is 0 Å². The van der Waals surface area contributed by atoms with Crippen molar-refractivity contribution in [3.05, 3.63) is 87.4 Å². The summed E-state index contributed by atoms with van der Waals surface area (Å²) >= 11 is 13.1. The number of carbonyl (C=O) groups excluding carboxylic acids is 2. The van der Waals surface area contributed by atoms with Crippen molar-refractivity contribution in [1.82, 2.24) is 10.2 Å². The quantitative estimate of drug-likeness (QED) is 0.269. The molecule has 4 atom stereocenters. The molecule has 0 radical (unpaired) electrons. The molecule has 8 nitrogen and oxygen atoms in total. The SMILES string of the molecule is CCOc1c(OC)cc(C(=O)N2CCC(C(N)=O)(c3ccccc3)C(c3ccc(Cl)c(Cl)c3)C2(CC)C2CCNC2)cc1OC. The molecule has 2 saturated heterocycles. The van der Waals surface area contributed by atoms with E-state index in [2.05, 4.69) is 12.2 Å². The zero-order valence-corrected chi connectivity index (χ0v) is 27.7. The van der Waals surface area contributed by atoms with Gasteiger partial charge in [0.1, 0.15) is 0 Å². The van der Waals surface area contributed by atoms with Crippen LogP contribution in [0.15, 0.2) is 60.7 Å². The van der Waals surface area contributed by atoms with E-state index >= 15 is 0 Å². The number of amides is 2. The third kappa shape index (κ3) is 5.51. The van der Waals surface area contributed by atoms with Crippen molar-refractivity contribution in [2.45, 2.75) is 50.0 Å². The molecule has 3 aromatic carbocycles. The summed E-state index contributed by atoms with van der Waals surface area (Å²) in [4.78, 5) is 31.0. The molecular formula is C35H41Cl2N3O5. The summed E-state index contributed by atoms with van der Waals surface area (Å²) in [5, 5.41) is 4.30. The molecular weight excluding hydrogens is 613 g/mol. The molecule has 2 heterocycles. The fourth-order valence-electron chi connectivity index (χ4n) is 7.90. The third-order valence-electron chi connectivity index (χ3n) is 9.81. The van der Waals surface area contributed by atoms with Gasteiger partial charge in [-0.15, -0.1) is 0 Å². The van der Waals surface area contributed by atoms with Crippen molar-refractivity contribution in [1.29, 1.82) is 0 Å². The third-order valence-corrected chi connectivity index (χ3v) is 10.5. The molecule has 4 unspecified atom stereocenters. The molecule has 0 bridgehead atoms. The molecule has 3 aromatic rings. The first-order valence-corrected chi connectivity index (χ1v) is 16.2. The molecule has 2 aliphatic rings. The zero-order chi connectivity index (χ0) is 32.4. The second kappa shape index (κ2) is 13.5. The fourth-order valence-corrected chi connectivity index (χ4v) is 8.21. The highest BCUT2D eigenvalue weighted by Gasteiger charge is 2.64. The highest BCUT2D eigenvalue weighted by Crippen LogP contribution is 2.59. The number of hydrogen-bond donors (Lipinski definition) is 2. The maximum Gasteiger partial charge on any atom is 0.254 e. The van der Waals surface area contributed by atoms with E-state index in [4.69, 9.17) is 43.1 Å². The number of halogens is 2. The van der Waals surface area contributed by atoms with Crippen LogP contribution in [0, 0.1) is 5.92 Å². The van der Waals surface area contributed by atoms with Gasteiger partial charge in [0.25, 0.3) is 5.91 Å². The number of nitrogens with zero attached hydrogens (tertiary/aromatic N) is 1. The zero-order valence-electron chi connectivity index (χ0n) is 26.2. The van der Waals surface area contributed by atoms with Gasteiger partial charge in [-0.05, 0) is 74.0 Å². The van der Waals surface area contributed by atoms with Crippen LogP contribution in [0.4, 0.5) is 0 Å². The van der Waals surface area contributed by atoms with Gasteiger partial charge >= 0.3 is 0 Å². The lowest BCUT2D eigenvalue weighted by Crippen LogP contribution is -2.70. The summed E-state index contributed by atoms with van der Waals surface area (Å²) in [6, 6.07) is 18.6. The minimum atomic E-state index is -1.14. The van der Waals surface area contributed by atoms with Crippen molar-refractivity contribution in [2.75, 3.05) is 40.5 Å². The largest absolute Gasteiger partial charge is 0.493 e. The van der Waals surface area contributed by atoms with Gasteiger partial charge in [0.2, 0.25) is 11.7 Å². The first-order chi connectivity index (χ1) is 21.7. The van der Waals surface area contributed by atoms with Crippen LogP contribution < -0.4 is 25.3 Å². The molecule has 0 aromatic heterocycles. The van der Waals surface area contributed by atoms with Crippen molar-refractivity contribution >= 4 is 35.0 Å². The van der Waals surface area contributed by atoms with Gasteiger partial charge in [0.05, 0.1) is 41.8 Å². The predicted octanol–water partition coefficient (Wildman–Crippen LogP) is 6.22. The minimum Gasteiger partial charge on any atom is -0.493 e. The summed E-state index contributed by atoms with van der Waals surface area (Å²) in [5.74, 6) is 0.0597. The number of methoxy groups -OCH3 is 2. The van der Waals surface area contributed by atoms with Gasteiger partial charge < -0.3 is 30.2 Å². The number of likely N-dealkylation sites (tertiary alicyclic amines) is 1. The number of carbonyl (C=O) groups is 2. The maximum atomic E-state index is 14.9. The molecule has 5 rings (SSSR count). The smallest absolute Gasteiger partial charge is 0.254 e. The number of ether oxygens (including phenoxy) is 3. The summed E-state index contributed by atoms with van der Waals surface area (Å²) in [6.07, 6.45) is 1.69. The van der Waals surface area contributed by atoms with E-state index in [1.165, 1.54) is 14.2 Å². The standard InChI is InChI=1S/C35H41Cl2N3O5/c1-5-35(25-14-16-39-21-25)31(22-12-13-26(36)27(37)18-22)34(33(38)42,24-10-8-7-9-11-24)15-17-40(35)32(41)23-19-28(43-3)30(45-6-2)29(20-23)44-4/h7-13,18-20,25,31,39H,5-6,14-17,21H2,1-4H3,(H2,38,42).